The highest BCUT2D eigenvalue weighted by Crippen LogP contribution is 2.24. The predicted molar refractivity (Wildman–Crippen MR) is 75.6 cm³/mol. The van der Waals surface area contributed by atoms with Crippen LogP contribution in [0.15, 0.2) is 24.8 Å². The second-order valence-corrected chi connectivity index (χ2v) is 5.35. The van der Waals surface area contributed by atoms with Gasteiger partial charge in [0.2, 0.25) is 0 Å². The first-order valence-corrected chi connectivity index (χ1v) is 6.89. The lowest BCUT2D eigenvalue weighted by molar-refractivity contribution is 0.378. The van der Waals surface area contributed by atoms with E-state index in [0.29, 0.717) is 0 Å². The van der Waals surface area contributed by atoms with Gasteiger partial charge in [0, 0.05) is 0 Å². The van der Waals surface area contributed by atoms with Crippen molar-refractivity contribution in [2.45, 2.75) is 59.8 Å². The highest BCUT2D eigenvalue weighted by molar-refractivity contribution is 4.91. The summed E-state index contributed by atoms with van der Waals surface area (Å²) in [7, 11) is 0. The Morgan fingerprint density at radius 1 is 1.12 bits per heavy atom. The van der Waals surface area contributed by atoms with Crippen LogP contribution in [0.3, 0.4) is 0 Å². The Morgan fingerprint density at radius 3 is 2.31 bits per heavy atom. The Morgan fingerprint density at radius 2 is 1.81 bits per heavy atom. The maximum atomic E-state index is 3.81. The fourth-order valence-corrected chi connectivity index (χ4v) is 2.02. The molecule has 0 aromatic heterocycles. The van der Waals surface area contributed by atoms with Crippen molar-refractivity contribution in [3.05, 3.63) is 24.8 Å². The smallest absolute Gasteiger partial charge is 0.0208 e. The monoisotopic (exact) mass is 222 g/mol. The molecule has 0 spiro atoms. The van der Waals surface area contributed by atoms with Gasteiger partial charge in [0.25, 0.3) is 0 Å². The molecule has 0 aliphatic heterocycles. The van der Waals surface area contributed by atoms with Gasteiger partial charge in [-0.1, -0.05) is 52.3 Å². The number of hydrogen-bond donors (Lipinski definition) is 0. The van der Waals surface area contributed by atoms with E-state index in [2.05, 4.69) is 46.4 Å². The molecular weight excluding hydrogens is 192 g/mol. The maximum absolute atomic E-state index is 3.81. The van der Waals surface area contributed by atoms with E-state index < -0.39 is 0 Å². The lowest BCUT2D eigenvalue weighted by Gasteiger charge is -2.20. The summed E-state index contributed by atoms with van der Waals surface area (Å²) < 4.78 is 0. The third-order valence-electron chi connectivity index (χ3n) is 3.17. The van der Waals surface area contributed by atoms with Crippen molar-refractivity contribution in [1.29, 1.82) is 0 Å². The minimum absolute atomic E-state index is 0.767. The zero-order valence-corrected chi connectivity index (χ0v) is 11.7. The number of allylic oxidation sites excluding steroid dienone is 3. The quantitative estimate of drug-likeness (QED) is 0.445. The van der Waals surface area contributed by atoms with Crippen molar-refractivity contribution in [3.8, 4) is 0 Å². The lowest BCUT2D eigenvalue weighted by atomic mass is 9.86. The maximum Gasteiger partial charge on any atom is -0.0208 e. The summed E-state index contributed by atoms with van der Waals surface area (Å²) in [6.45, 7) is 13.0. The van der Waals surface area contributed by atoms with Gasteiger partial charge in [0.05, 0.1) is 0 Å². The fourth-order valence-electron chi connectivity index (χ4n) is 2.02. The molecule has 0 saturated carbocycles. The molecule has 0 fully saturated rings. The Balaban J connectivity index is 4.12. The molecule has 0 heterocycles. The first-order chi connectivity index (χ1) is 7.61. The van der Waals surface area contributed by atoms with E-state index in [1.807, 2.05) is 6.08 Å². The van der Waals surface area contributed by atoms with Crippen molar-refractivity contribution < 1.29 is 0 Å². The SMILES string of the molecule is C=CCC[C@@H](C)C(/C=C/CC(C)C)CCC. The van der Waals surface area contributed by atoms with Crippen LogP contribution >= 0.6 is 0 Å². The number of rotatable bonds is 9. The summed E-state index contributed by atoms with van der Waals surface area (Å²) in [6, 6.07) is 0. The van der Waals surface area contributed by atoms with Crippen molar-refractivity contribution in [1.82, 2.24) is 0 Å². The molecule has 94 valence electrons. The second kappa shape index (κ2) is 9.69. The predicted octanol–water partition coefficient (Wildman–Crippen LogP) is 5.61. The van der Waals surface area contributed by atoms with E-state index in [0.717, 1.165) is 24.2 Å². The van der Waals surface area contributed by atoms with Crippen LogP contribution in [-0.4, -0.2) is 0 Å². The Hall–Kier alpha value is -0.520. The van der Waals surface area contributed by atoms with Gasteiger partial charge < -0.3 is 0 Å². The average molecular weight is 222 g/mol. The van der Waals surface area contributed by atoms with Crippen LogP contribution in [-0.2, 0) is 0 Å². The van der Waals surface area contributed by atoms with Gasteiger partial charge in [-0.15, -0.1) is 6.58 Å². The molecule has 0 amide bonds. The zero-order valence-electron chi connectivity index (χ0n) is 11.7. The van der Waals surface area contributed by atoms with Crippen LogP contribution in [0, 0.1) is 17.8 Å². The standard InChI is InChI=1S/C16H30/c1-6-8-12-15(5)16(10-7-2)13-9-11-14(3)4/h6,9,13-16H,1,7-8,10-12H2,2-5H3/b13-9+/t15-,16?/m1/s1. The third-order valence-corrected chi connectivity index (χ3v) is 3.17. The molecule has 0 saturated heterocycles. The van der Waals surface area contributed by atoms with Gasteiger partial charge in [0.1, 0.15) is 0 Å². The van der Waals surface area contributed by atoms with Gasteiger partial charge in [-0.3, -0.25) is 0 Å². The highest BCUT2D eigenvalue weighted by atomic mass is 14.2. The molecule has 1 unspecified atom stereocenters. The molecule has 0 aliphatic carbocycles. The van der Waals surface area contributed by atoms with Crippen molar-refractivity contribution in [2.75, 3.05) is 0 Å². The minimum atomic E-state index is 0.767. The molecule has 0 aromatic carbocycles. The summed E-state index contributed by atoms with van der Waals surface area (Å²) in [5.74, 6) is 2.34. The summed E-state index contributed by atoms with van der Waals surface area (Å²) in [6.07, 6.45) is 13.1. The Kier molecular flexibility index (Phi) is 9.37. The van der Waals surface area contributed by atoms with E-state index in [1.165, 1.54) is 25.7 Å². The van der Waals surface area contributed by atoms with E-state index >= 15 is 0 Å². The second-order valence-electron chi connectivity index (χ2n) is 5.35. The van der Waals surface area contributed by atoms with Crippen LogP contribution in [0.1, 0.15) is 59.8 Å². The van der Waals surface area contributed by atoms with Crippen LogP contribution in [0.5, 0.6) is 0 Å². The lowest BCUT2D eigenvalue weighted by Crippen LogP contribution is -2.09. The normalized spacial score (nSPS) is 15.6. The molecule has 16 heavy (non-hydrogen) atoms. The molecule has 0 rings (SSSR count). The topological polar surface area (TPSA) is 0 Å². The largest absolute Gasteiger partial charge is 0.103 e. The molecule has 0 aromatic rings. The summed E-state index contributed by atoms with van der Waals surface area (Å²) in [5, 5.41) is 0. The molecule has 2 atom stereocenters. The van der Waals surface area contributed by atoms with Gasteiger partial charge in [-0.25, -0.2) is 0 Å². The Labute approximate surface area is 103 Å². The summed E-state index contributed by atoms with van der Waals surface area (Å²) >= 11 is 0. The molecule has 0 aliphatic rings. The highest BCUT2D eigenvalue weighted by Gasteiger charge is 2.12. The van der Waals surface area contributed by atoms with Crippen molar-refractivity contribution >= 4 is 0 Å². The Bertz CT molecular complexity index is 188. The molecular formula is C16H30. The zero-order chi connectivity index (χ0) is 12.4. The fraction of sp³-hybridized carbons (Fsp3) is 0.750. The van der Waals surface area contributed by atoms with Crippen molar-refractivity contribution in [2.24, 2.45) is 17.8 Å². The van der Waals surface area contributed by atoms with Gasteiger partial charge in [-0.05, 0) is 43.4 Å². The first-order valence-electron chi connectivity index (χ1n) is 6.89. The number of hydrogen-bond acceptors (Lipinski definition) is 0. The summed E-state index contributed by atoms with van der Waals surface area (Å²) in [5.41, 5.74) is 0. The van der Waals surface area contributed by atoms with Gasteiger partial charge in [0.15, 0.2) is 0 Å². The van der Waals surface area contributed by atoms with E-state index in [-0.39, 0.29) is 0 Å². The van der Waals surface area contributed by atoms with Gasteiger partial charge in [-0.2, -0.15) is 0 Å². The molecule has 0 N–H and O–H groups in total. The van der Waals surface area contributed by atoms with Crippen molar-refractivity contribution in [3.63, 3.8) is 0 Å². The average Bonchev–Trinajstić information content (AvgIpc) is 2.24. The van der Waals surface area contributed by atoms with Crippen LogP contribution < -0.4 is 0 Å². The van der Waals surface area contributed by atoms with Crippen LogP contribution in [0.25, 0.3) is 0 Å². The first kappa shape index (κ1) is 15.5. The van der Waals surface area contributed by atoms with E-state index in [1.54, 1.807) is 0 Å². The van der Waals surface area contributed by atoms with E-state index in [9.17, 15) is 0 Å². The summed E-state index contributed by atoms with van der Waals surface area (Å²) in [4.78, 5) is 0. The molecule has 0 radical (unpaired) electrons. The third kappa shape index (κ3) is 7.73. The molecule has 0 bridgehead atoms. The minimum Gasteiger partial charge on any atom is -0.103 e. The molecule has 0 heteroatoms. The van der Waals surface area contributed by atoms with E-state index in [4.69, 9.17) is 0 Å². The van der Waals surface area contributed by atoms with Crippen LogP contribution in [0.2, 0.25) is 0 Å². The van der Waals surface area contributed by atoms with Crippen LogP contribution in [0.4, 0.5) is 0 Å². The molecule has 0 nitrogen and oxygen atoms in total. The van der Waals surface area contributed by atoms with Gasteiger partial charge >= 0.3 is 0 Å².